The molecule has 0 aliphatic carbocycles. The molecule has 2 N–H and O–H groups in total. The Kier molecular flexibility index (Phi) is 7.02. The monoisotopic (exact) mass is 324 g/mol. The molecule has 1 fully saturated rings. The van der Waals surface area contributed by atoms with Crippen molar-refractivity contribution in [3.63, 3.8) is 0 Å². The van der Waals surface area contributed by atoms with Crippen LogP contribution in [-0.2, 0) is 10.8 Å². The molecule has 124 valence electrons. The van der Waals surface area contributed by atoms with Crippen LogP contribution < -0.4 is 5.32 Å². The molecule has 22 heavy (non-hydrogen) atoms. The summed E-state index contributed by atoms with van der Waals surface area (Å²) in [5.41, 5.74) is 1.23. The van der Waals surface area contributed by atoms with Crippen molar-refractivity contribution in [1.82, 2.24) is 10.2 Å². The first-order valence-electron chi connectivity index (χ1n) is 8.13. The van der Waals surface area contributed by atoms with Crippen molar-refractivity contribution in [1.29, 1.82) is 0 Å². The van der Waals surface area contributed by atoms with Gasteiger partial charge in [-0.15, -0.1) is 0 Å². The van der Waals surface area contributed by atoms with E-state index >= 15 is 0 Å². The lowest BCUT2D eigenvalue weighted by atomic mass is 10.1. The maximum absolute atomic E-state index is 11.4. The molecule has 2 unspecified atom stereocenters. The van der Waals surface area contributed by atoms with Gasteiger partial charge in [-0.2, -0.15) is 0 Å². The third-order valence-electron chi connectivity index (χ3n) is 4.37. The predicted molar refractivity (Wildman–Crippen MR) is 91.5 cm³/mol. The molecule has 1 aliphatic rings. The molecule has 5 heteroatoms. The third-order valence-corrected chi connectivity index (χ3v) is 5.31. The molecule has 0 aromatic heterocycles. The average molecular weight is 324 g/mol. The van der Waals surface area contributed by atoms with E-state index in [1.165, 1.54) is 5.56 Å². The van der Waals surface area contributed by atoms with Crippen molar-refractivity contribution in [2.24, 2.45) is 0 Å². The molecule has 0 radical (unpaired) electrons. The van der Waals surface area contributed by atoms with Gasteiger partial charge in [0.05, 0.1) is 6.10 Å². The maximum atomic E-state index is 11.4. The van der Waals surface area contributed by atoms with Crippen molar-refractivity contribution in [3.8, 4) is 0 Å². The van der Waals surface area contributed by atoms with E-state index in [2.05, 4.69) is 29.3 Å². The number of nitrogens with one attached hydrogen (secondary N) is 1. The Bertz CT molecular complexity index is 470. The third kappa shape index (κ3) is 5.47. The van der Waals surface area contributed by atoms with Crippen molar-refractivity contribution in [2.45, 2.75) is 43.2 Å². The number of hydrogen-bond donors (Lipinski definition) is 2. The molecule has 1 heterocycles. The van der Waals surface area contributed by atoms with Gasteiger partial charge in [-0.1, -0.05) is 12.1 Å². The number of benzene rings is 1. The van der Waals surface area contributed by atoms with Crippen LogP contribution in [0.5, 0.6) is 0 Å². The van der Waals surface area contributed by atoms with Gasteiger partial charge in [-0.25, -0.2) is 0 Å². The fourth-order valence-corrected chi connectivity index (χ4v) is 3.35. The molecule has 0 amide bonds. The Hall–Kier alpha value is -0.750. The summed E-state index contributed by atoms with van der Waals surface area (Å²) >= 11 is 0. The van der Waals surface area contributed by atoms with E-state index in [1.807, 2.05) is 12.1 Å². The second-order valence-corrected chi connectivity index (χ2v) is 7.50. The zero-order valence-corrected chi connectivity index (χ0v) is 14.4. The van der Waals surface area contributed by atoms with E-state index in [9.17, 15) is 9.32 Å². The first-order chi connectivity index (χ1) is 10.6. The van der Waals surface area contributed by atoms with Gasteiger partial charge in [-0.3, -0.25) is 4.21 Å². The van der Waals surface area contributed by atoms with E-state index in [0.29, 0.717) is 6.04 Å². The Morgan fingerprint density at radius 2 is 1.95 bits per heavy atom. The van der Waals surface area contributed by atoms with Gasteiger partial charge in [0, 0.05) is 41.1 Å². The molecule has 2 atom stereocenters. The van der Waals surface area contributed by atoms with Gasteiger partial charge in [-0.05, 0) is 57.0 Å². The Labute approximate surface area is 136 Å². The minimum absolute atomic E-state index is 0.0881. The minimum atomic E-state index is -0.907. The summed E-state index contributed by atoms with van der Waals surface area (Å²) in [6.07, 6.45) is 4.56. The van der Waals surface area contributed by atoms with Crippen molar-refractivity contribution in [2.75, 3.05) is 32.4 Å². The summed E-state index contributed by atoms with van der Waals surface area (Å²) < 4.78 is 11.4. The summed E-state index contributed by atoms with van der Waals surface area (Å²) in [4.78, 5) is 3.31. The Morgan fingerprint density at radius 1 is 1.32 bits per heavy atom. The second kappa shape index (κ2) is 8.77. The van der Waals surface area contributed by atoms with Crippen LogP contribution in [0.15, 0.2) is 29.2 Å². The Balaban J connectivity index is 1.67. The summed E-state index contributed by atoms with van der Waals surface area (Å²) in [6.45, 7) is 6.29. The molecule has 1 aliphatic heterocycles. The number of likely N-dealkylation sites (tertiary alicyclic amines) is 1. The number of piperidine rings is 1. The van der Waals surface area contributed by atoms with Crippen LogP contribution in [0.25, 0.3) is 0 Å². The molecule has 0 saturated carbocycles. The number of nitrogens with zero attached hydrogens (tertiary/aromatic N) is 1. The second-order valence-electron chi connectivity index (χ2n) is 6.13. The van der Waals surface area contributed by atoms with Crippen molar-refractivity contribution < 1.29 is 9.32 Å². The van der Waals surface area contributed by atoms with Crippen molar-refractivity contribution in [3.05, 3.63) is 29.8 Å². The van der Waals surface area contributed by atoms with E-state index in [4.69, 9.17) is 0 Å². The SMILES string of the molecule is CC(NCCCN1CCC(O)CC1)c1ccc(S(C)=O)cc1. The highest BCUT2D eigenvalue weighted by atomic mass is 32.2. The lowest BCUT2D eigenvalue weighted by Crippen LogP contribution is -2.37. The quantitative estimate of drug-likeness (QED) is 0.753. The number of rotatable bonds is 7. The van der Waals surface area contributed by atoms with Crippen LogP contribution in [0.4, 0.5) is 0 Å². The van der Waals surface area contributed by atoms with Crippen LogP contribution in [0.1, 0.15) is 37.8 Å². The van der Waals surface area contributed by atoms with E-state index in [0.717, 1.165) is 50.3 Å². The molecule has 0 spiro atoms. The molecular weight excluding hydrogens is 296 g/mol. The summed E-state index contributed by atoms with van der Waals surface area (Å²) in [5.74, 6) is 0. The highest BCUT2D eigenvalue weighted by Crippen LogP contribution is 2.15. The number of aliphatic hydroxyl groups excluding tert-OH is 1. The molecule has 2 rings (SSSR count). The highest BCUT2D eigenvalue weighted by Gasteiger charge is 2.16. The van der Waals surface area contributed by atoms with E-state index in [-0.39, 0.29) is 6.10 Å². The summed E-state index contributed by atoms with van der Waals surface area (Å²) in [7, 11) is -0.907. The predicted octanol–water partition coefficient (Wildman–Crippen LogP) is 1.92. The lowest BCUT2D eigenvalue weighted by Gasteiger charge is -2.29. The standard InChI is InChI=1S/C17H28N2O2S/c1-14(15-4-6-17(7-5-15)22(2)21)18-10-3-11-19-12-8-16(20)9-13-19/h4-7,14,16,18,20H,3,8-13H2,1-2H3. The summed E-state index contributed by atoms with van der Waals surface area (Å²) in [5, 5.41) is 13.0. The van der Waals surface area contributed by atoms with Crippen LogP contribution in [0.2, 0.25) is 0 Å². The lowest BCUT2D eigenvalue weighted by molar-refractivity contribution is 0.0820. The van der Waals surface area contributed by atoms with Crippen LogP contribution >= 0.6 is 0 Å². The zero-order valence-electron chi connectivity index (χ0n) is 13.6. The smallest absolute Gasteiger partial charge is 0.0564 e. The van der Waals surface area contributed by atoms with Gasteiger partial charge in [0.25, 0.3) is 0 Å². The zero-order chi connectivity index (χ0) is 15.9. The van der Waals surface area contributed by atoms with Gasteiger partial charge in [0.2, 0.25) is 0 Å². The van der Waals surface area contributed by atoms with Gasteiger partial charge in [0.15, 0.2) is 0 Å². The first-order valence-corrected chi connectivity index (χ1v) is 9.69. The van der Waals surface area contributed by atoms with Crippen molar-refractivity contribution >= 4 is 10.8 Å². The Morgan fingerprint density at radius 3 is 2.55 bits per heavy atom. The number of aliphatic hydroxyl groups is 1. The highest BCUT2D eigenvalue weighted by molar-refractivity contribution is 7.84. The van der Waals surface area contributed by atoms with E-state index < -0.39 is 10.8 Å². The molecule has 1 saturated heterocycles. The van der Waals surface area contributed by atoms with Gasteiger partial charge >= 0.3 is 0 Å². The fraction of sp³-hybridized carbons (Fsp3) is 0.647. The average Bonchev–Trinajstić information content (AvgIpc) is 2.53. The maximum Gasteiger partial charge on any atom is 0.0564 e. The van der Waals surface area contributed by atoms with Crippen LogP contribution in [0, 0.1) is 0 Å². The van der Waals surface area contributed by atoms with E-state index in [1.54, 1.807) is 6.26 Å². The normalized spacial score (nSPS) is 20.0. The van der Waals surface area contributed by atoms with Gasteiger partial charge < -0.3 is 15.3 Å². The fourth-order valence-electron chi connectivity index (χ4n) is 2.83. The molecular formula is C17H28N2O2S. The van der Waals surface area contributed by atoms with Crippen LogP contribution in [-0.4, -0.2) is 52.8 Å². The minimum Gasteiger partial charge on any atom is -0.393 e. The van der Waals surface area contributed by atoms with Crippen LogP contribution in [0.3, 0.4) is 0 Å². The molecule has 0 bridgehead atoms. The molecule has 1 aromatic carbocycles. The molecule has 1 aromatic rings. The first kappa shape index (κ1) is 17.6. The van der Waals surface area contributed by atoms with Gasteiger partial charge in [0.1, 0.15) is 0 Å². The largest absolute Gasteiger partial charge is 0.393 e. The topological polar surface area (TPSA) is 52.6 Å². The number of hydrogen-bond acceptors (Lipinski definition) is 4. The summed E-state index contributed by atoms with van der Waals surface area (Å²) in [6, 6.07) is 8.31. The molecule has 4 nitrogen and oxygen atoms in total.